The second-order valence-corrected chi connectivity index (χ2v) is 6.01. The standard InChI is InChI=1S/C16H20N2O4/c1-10(2)16(20)17-7-11-5-15(19)18(8-11)12-3-4-13-14(6-12)22-9-21-13/h3-4,6,10-11H,5,7-9H2,1-2H3,(H,17,20). The number of carbonyl (C=O) groups is 2. The molecule has 1 unspecified atom stereocenters. The Morgan fingerprint density at radius 3 is 2.91 bits per heavy atom. The second kappa shape index (κ2) is 5.87. The number of ether oxygens (including phenoxy) is 2. The average Bonchev–Trinajstić information content (AvgIpc) is 3.09. The molecule has 0 bridgehead atoms. The minimum absolute atomic E-state index is 0.0222. The summed E-state index contributed by atoms with van der Waals surface area (Å²) in [6.45, 7) is 5.07. The Hall–Kier alpha value is -2.24. The van der Waals surface area contributed by atoms with Crippen LogP contribution in [0.2, 0.25) is 0 Å². The third-order valence-electron chi connectivity index (χ3n) is 3.96. The van der Waals surface area contributed by atoms with Gasteiger partial charge in [-0.2, -0.15) is 0 Å². The molecule has 6 heteroatoms. The Labute approximate surface area is 129 Å². The van der Waals surface area contributed by atoms with Gasteiger partial charge in [-0.3, -0.25) is 9.59 Å². The number of rotatable bonds is 4. The zero-order valence-corrected chi connectivity index (χ0v) is 12.8. The van der Waals surface area contributed by atoms with E-state index >= 15 is 0 Å². The summed E-state index contributed by atoms with van der Waals surface area (Å²) < 4.78 is 10.6. The van der Waals surface area contributed by atoms with Gasteiger partial charge in [-0.15, -0.1) is 0 Å². The molecule has 1 atom stereocenters. The van der Waals surface area contributed by atoms with E-state index in [4.69, 9.17) is 9.47 Å². The van der Waals surface area contributed by atoms with Crippen molar-refractivity contribution in [3.05, 3.63) is 18.2 Å². The minimum atomic E-state index is -0.0398. The highest BCUT2D eigenvalue weighted by molar-refractivity contribution is 5.96. The van der Waals surface area contributed by atoms with Crippen molar-refractivity contribution >= 4 is 17.5 Å². The van der Waals surface area contributed by atoms with Crippen molar-refractivity contribution in [1.82, 2.24) is 5.32 Å². The quantitative estimate of drug-likeness (QED) is 0.916. The smallest absolute Gasteiger partial charge is 0.231 e. The van der Waals surface area contributed by atoms with Crippen LogP contribution in [0.4, 0.5) is 5.69 Å². The van der Waals surface area contributed by atoms with Crippen LogP contribution in [0.15, 0.2) is 18.2 Å². The van der Waals surface area contributed by atoms with Crippen LogP contribution in [-0.2, 0) is 9.59 Å². The minimum Gasteiger partial charge on any atom is -0.454 e. The number of nitrogens with zero attached hydrogens (tertiary/aromatic N) is 1. The van der Waals surface area contributed by atoms with Crippen molar-refractivity contribution in [2.75, 3.05) is 24.8 Å². The molecule has 1 saturated heterocycles. The van der Waals surface area contributed by atoms with Gasteiger partial charge < -0.3 is 19.7 Å². The Balaban J connectivity index is 1.64. The van der Waals surface area contributed by atoms with Crippen molar-refractivity contribution < 1.29 is 19.1 Å². The summed E-state index contributed by atoms with van der Waals surface area (Å²) in [6, 6.07) is 5.51. The summed E-state index contributed by atoms with van der Waals surface area (Å²) in [5.41, 5.74) is 0.812. The number of anilines is 1. The van der Waals surface area contributed by atoms with E-state index in [9.17, 15) is 9.59 Å². The zero-order chi connectivity index (χ0) is 15.7. The lowest BCUT2D eigenvalue weighted by molar-refractivity contribution is -0.124. The van der Waals surface area contributed by atoms with Crippen LogP contribution in [0.25, 0.3) is 0 Å². The van der Waals surface area contributed by atoms with Crippen LogP contribution < -0.4 is 19.7 Å². The first-order valence-electron chi connectivity index (χ1n) is 7.52. The molecule has 1 aromatic carbocycles. The molecule has 2 heterocycles. The predicted octanol–water partition coefficient (Wildman–Crippen LogP) is 1.54. The van der Waals surface area contributed by atoms with Gasteiger partial charge in [0.25, 0.3) is 0 Å². The SMILES string of the molecule is CC(C)C(=O)NCC1CC(=O)N(c2ccc3c(c2)OCO3)C1. The van der Waals surface area contributed by atoms with Gasteiger partial charge in [0.1, 0.15) is 0 Å². The molecular weight excluding hydrogens is 284 g/mol. The number of hydrogen-bond acceptors (Lipinski definition) is 4. The first-order valence-corrected chi connectivity index (χ1v) is 7.52. The molecule has 1 aromatic rings. The van der Waals surface area contributed by atoms with Gasteiger partial charge in [0.15, 0.2) is 11.5 Å². The van der Waals surface area contributed by atoms with E-state index in [2.05, 4.69) is 5.32 Å². The summed E-state index contributed by atoms with van der Waals surface area (Å²) in [5.74, 6) is 1.57. The summed E-state index contributed by atoms with van der Waals surface area (Å²) in [6.07, 6.45) is 0.451. The molecule has 22 heavy (non-hydrogen) atoms. The van der Waals surface area contributed by atoms with Crippen LogP contribution in [0.3, 0.4) is 0 Å². The largest absolute Gasteiger partial charge is 0.454 e. The molecule has 3 rings (SSSR count). The van der Waals surface area contributed by atoms with E-state index in [0.717, 1.165) is 5.69 Å². The van der Waals surface area contributed by atoms with E-state index in [1.54, 1.807) is 4.90 Å². The lowest BCUT2D eigenvalue weighted by Gasteiger charge is -2.17. The molecule has 0 aliphatic carbocycles. The number of carbonyl (C=O) groups excluding carboxylic acids is 2. The van der Waals surface area contributed by atoms with Gasteiger partial charge >= 0.3 is 0 Å². The fraction of sp³-hybridized carbons (Fsp3) is 0.500. The highest BCUT2D eigenvalue weighted by Gasteiger charge is 2.31. The summed E-state index contributed by atoms with van der Waals surface area (Å²) >= 11 is 0. The fourth-order valence-corrected chi connectivity index (χ4v) is 2.67. The topological polar surface area (TPSA) is 67.9 Å². The second-order valence-electron chi connectivity index (χ2n) is 6.01. The molecule has 0 spiro atoms. The molecule has 2 aliphatic rings. The first kappa shape index (κ1) is 14.7. The van der Waals surface area contributed by atoms with Crippen molar-refractivity contribution in [3.8, 4) is 11.5 Å². The molecule has 2 amide bonds. The van der Waals surface area contributed by atoms with Crippen LogP contribution in [-0.4, -0.2) is 31.7 Å². The maximum Gasteiger partial charge on any atom is 0.231 e. The third-order valence-corrected chi connectivity index (χ3v) is 3.96. The van der Waals surface area contributed by atoms with Crippen LogP contribution >= 0.6 is 0 Å². The van der Waals surface area contributed by atoms with Crippen LogP contribution in [0.1, 0.15) is 20.3 Å². The van der Waals surface area contributed by atoms with Crippen LogP contribution in [0.5, 0.6) is 11.5 Å². The number of amides is 2. The lowest BCUT2D eigenvalue weighted by Crippen LogP contribution is -2.33. The van der Waals surface area contributed by atoms with E-state index < -0.39 is 0 Å². The zero-order valence-electron chi connectivity index (χ0n) is 12.8. The number of hydrogen-bond donors (Lipinski definition) is 1. The molecule has 6 nitrogen and oxygen atoms in total. The molecular formula is C16H20N2O4. The van der Waals surface area contributed by atoms with Gasteiger partial charge in [-0.05, 0) is 12.1 Å². The molecule has 2 aliphatic heterocycles. The summed E-state index contributed by atoms with van der Waals surface area (Å²) in [4.78, 5) is 25.6. The highest BCUT2D eigenvalue weighted by Crippen LogP contribution is 2.37. The maximum absolute atomic E-state index is 12.2. The third kappa shape index (κ3) is 2.86. The number of benzene rings is 1. The van der Waals surface area contributed by atoms with E-state index in [-0.39, 0.29) is 30.4 Å². The summed E-state index contributed by atoms with van der Waals surface area (Å²) in [5, 5.41) is 2.90. The fourth-order valence-electron chi connectivity index (χ4n) is 2.67. The van der Waals surface area contributed by atoms with E-state index in [1.165, 1.54) is 0 Å². The van der Waals surface area contributed by atoms with Crippen LogP contribution in [0, 0.1) is 11.8 Å². The van der Waals surface area contributed by atoms with Crippen molar-refractivity contribution in [3.63, 3.8) is 0 Å². The van der Waals surface area contributed by atoms with Gasteiger partial charge in [-0.25, -0.2) is 0 Å². The van der Waals surface area contributed by atoms with Gasteiger partial charge in [0, 0.05) is 43.1 Å². The molecule has 1 N–H and O–H groups in total. The molecule has 0 aromatic heterocycles. The van der Waals surface area contributed by atoms with Gasteiger partial charge in [0.05, 0.1) is 0 Å². The highest BCUT2D eigenvalue weighted by atomic mass is 16.7. The van der Waals surface area contributed by atoms with Crippen molar-refractivity contribution in [1.29, 1.82) is 0 Å². The summed E-state index contributed by atoms with van der Waals surface area (Å²) in [7, 11) is 0. The average molecular weight is 304 g/mol. The Kier molecular flexibility index (Phi) is 3.92. The maximum atomic E-state index is 12.2. The lowest BCUT2D eigenvalue weighted by atomic mass is 10.1. The predicted molar refractivity (Wildman–Crippen MR) is 80.9 cm³/mol. The van der Waals surface area contributed by atoms with Crippen molar-refractivity contribution in [2.24, 2.45) is 11.8 Å². The normalized spacial score (nSPS) is 19.9. The van der Waals surface area contributed by atoms with Gasteiger partial charge in [-0.1, -0.05) is 13.8 Å². The van der Waals surface area contributed by atoms with Gasteiger partial charge in [0.2, 0.25) is 18.6 Å². The molecule has 118 valence electrons. The van der Waals surface area contributed by atoms with E-state index in [0.29, 0.717) is 31.0 Å². The first-order chi connectivity index (χ1) is 10.5. The molecule has 0 saturated carbocycles. The van der Waals surface area contributed by atoms with E-state index in [1.807, 2.05) is 32.0 Å². The molecule has 0 radical (unpaired) electrons. The monoisotopic (exact) mass is 304 g/mol. The Bertz CT molecular complexity index is 600. The molecule has 1 fully saturated rings. The number of fused-ring (bicyclic) bond motifs is 1. The Morgan fingerprint density at radius 1 is 1.36 bits per heavy atom. The number of nitrogens with one attached hydrogen (secondary N) is 1. The van der Waals surface area contributed by atoms with Crippen molar-refractivity contribution in [2.45, 2.75) is 20.3 Å². The Morgan fingerprint density at radius 2 is 2.14 bits per heavy atom.